The van der Waals surface area contributed by atoms with E-state index in [4.69, 9.17) is 9.47 Å². The quantitative estimate of drug-likeness (QED) is 0.313. The van der Waals surface area contributed by atoms with Crippen LogP contribution in [0.15, 0.2) is 78.5 Å². The number of hydrogen-bond acceptors (Lipinski definition) is 6. The minimum atomic E-state index is 0.570. The van der Waals surface area contributed by atoms with Crippen molar-refractivity contribution in [2.24, 2.45) is 4.99 Å². The molecule has 0 saturated carbocycles. The largest absolute Gasteiger partial charge is 0.492 e. The molecule has 0 saturated heterocycles. The molecule has 1 aliphatic heterocycles. The summed E-state index contributed by atoms with van der Waals surface area (Å²) < 4.78 is 11.5. The maximum atomic E-state index is 5.79. The van der Waals surface area contributed by atoms with E-state index in [1.807, 2.05) is 42.2 Å². The van der Waals surface area contributed by atoms with Gasteiger partial charge in [-0.15, -0.1) is 0 Å². The molecule has 0 bridgehead atoms. The molecule has 1 aliphatic rings. The molecule has 31 heavy (non-hydrogen) atoms. The molecule has 1 aromatic heterocycles. The van der Waals surface area contributed by atoms with Crippen LogP contribution in [0.5, 0.6) is 5.75 Å². The Kier molecular flexibility index (Phi) is 7.62. The number of fused-ring (bicyclic) bond motifs is 1. The molecule has 0 N–H and O–H groups in total. The Bertz CT molecular complexity index is 995. The first kappa shape index (κ1) is 22.3. The fourth-order valence-corrected chi connectivity index (χ4v) is 3.14. The Hall–Kier alpha value is -3.38. The van der Waals surface area contributed by atoms with Crippen LogP contribution in [0.4, 0.5) is 5.82 Å². The zero-order valence-electron chi connectivity index (χ0n) is 18.5. The number of allylic oxidation sites excluding steroid dienone is 2. The molecule has 0 fully saturated rings. The summed E-state index contributed by atoms with van der Waals surface area (Å²) in [4.78, 5) is 13.0. The third kappa shape index (κ3) is 6.06. The van der Waals surface area contributed by atoms with Gasteiger partial charge in [0.25, 0.3) is 0 Å². The highest BCUT2D eigenvalue weighted by Crippen LogP contribution is 2.37. The van der Waals surface area contributed by atoms with Crippen LogP contribution in [0.3, 0.4) is 0 Å². The van der Waals surface area contributed by atoms with Gasteiger partial charge in [0.05, 0.1) is 25.1 Å². The molecule has 162 valence electrons. The van der Waals surface area contributed by atoms with Crippen molar-refractivity contribution < 1.29 is 9.47 Å². The molecule has 0 unspecified atom stereocenters. The first-order chi connectivity index (χ1) is 15.0. The number of anilines is 1. The van der Waals surface area contributed by atoms with Crippen LogP contribution in [-0.4, -0.2) is 43.3 Å². The smallest absolute Gasteiger partial charge is 0.194 e. The second-order valence-electron chi connectivity index (χ2n) is 7.51. The van der Waals surface area contributed by atoms with Gasteiger partial charge in [-0.1, -0.05) is 24.8 Å². The summed E-state index contributed by atoms with van der Waals surface area (Å²) in [6, 6.07) is 11.9. The first-order valence-corrected chi connectivity index (χ1v) is 10.3. The van der Waals surface area contributed by atoms with Crippen molar-refractivity contribution in [2.75, 3.05) is 32.1 Å². The maximum absolute atomic E-state index is 5.79. The van der Waals surface area contributed by atoms with Crippen LogP contribution in [0.25, 0.3) is 5.70 Å². The van der Waals surface area contributed by atoms with E-state index in [1.54, 1.807) is 12.4 Å². The second-order valence-corrected chi connectivity index (χ2v) is 7.51. The lowest BCUT2D eigenvalue weighted by Crippen LogP contribution is -2.19. The number of ether oxygens (including phenoxy) is 2. The van der Waals surface area contributed by atoms with Gasteiger partial charge < -0.3 is 14.4 Å². The van der Waals surface area contributed by atoms with E-state index in [0.717, 1.165) is 41.4 Å². The minimum absolute atomic E-state index is 0.570. The van der Waals surface area contributed by atoms with E-state index in [1.165, 1.54) is 0 Å². The molecule has 2 aromatic rings. The Labute approximate surface area is 184 Å². The zero-order chi connectivity index (χ0) is 22.2. The van der Waals surface area contributed by atoms with Crippen LogP contribution in [0.2, 0.25) is 0 Å². The Balaban J connectivity index is 1.62. The van der Waals surface area contributed by atoms with Gasteiger partial charge in [0, 0.05) is 12.7 Å². The topological polar surface area (TPSA) is 50.2 Å². The van der Waals surface area contributed by atoms with E-state index in [-0.39, 0.29) is 0 Å². The van der Waals surface area contributed by atoms with E-state index in [9.17, 15) is 0 Å². The summed E-state index contributed by atoms with van der Waals surface area (Å²) in [6.45, 7) is 12.3. The molecule has 0 aliphatic carbocycles. The number of aromatic nitrogens is 1. The van der Waals surface area contributed by atoms with Crippen molar-refractivity contribution in [1.82, 2.24) is 9.88 Å². The van der Waals surface area contributed by atoms with Crippen molar-refractivity contribution >= 4 is 17.7 Å². The van der Waals surface area contributed by atoms with Crippen LogP contribution in [-0.2, 0) is 11.3 Å². The average Bonchev–Trinajstić information content (AvgIpc) is 3.08. The van der Waals surface area contributed by atoms with Gasteiger partial charge in [0.15, 0.2) is 17.5 Å². The summed E-state index contributed by atoms with van der Waals surface area (Å²) in [5, 5.41) is 0. The lowest BCUT2D eigenvalue weighted by atomic mass is 10.1. The van der Waals surface area contributed by atoms with Crippen LogP contribution in [0, 0.1) is 0 Å². The van der Waals surface area contributed by atoms with Crippen molar-refractivity contribution in [1.29, 1.82) is 0 Å². The van der Waals surface area contributed by atoms with Gasteiger partial charge in [-0.3, -0.25) is 9.89 Å². The zero-order valence-corrected chi connectivity index (χ0v) is 18.5. The van der Waals surface area contributed by atoms with Gasteiger partial charge in [0.1, 0.15) is 5.76 Å². The molecule has 3 rings (SSSR count). The van der Waals surface area contributed by atoms with Crippen molar-refractivity contribution in [3.63, 3.8) is 0 Å². The molecule has 0 atom stereocenters. The monoisotopic (exact) mass is 418 g/mol. The van der Waals surface area contributed by atoms with E-state index >= 15 is 0 Å². The summed E-state index contributed by atoms with van der Waals surface area (Å²) in [5.41, 5.74) is 2.71. The lowest BCUT2D eigenvalue weighted by molar-refractivity contribution is 0.214. The van der Waals surface area contributed by atoms with Gasteiger partial charge in [-0.05, 0) is 69.4 Å². The molecule has 1 aromatic carbocycles. The Morgan fingerprint density at radius 3 is 2.90 bits per heavy atom. The molecular formula is C25H30N4O2. The molecule has 6 heteroatoms. The van der Waals surface area contributed by atoms with Crippen molar-refractivity contribution in [3.05, 3.63) is 84.6 Å². The van der Waals surface area contributed by atoms with Crippen molar-refractivity contribution in [3.8, 4) is 5.75 Å². The number of nitrogens with zero attached hydrogens (tertiary/aromatic N) is 4. The Morgan fingerprint density at radius 2 is 2.13 bits per heavy atom. The standard InChI is InChI=1S/C25H30N4O2/c1-6-23(30-15-9-14-28(4)5)17-27-19(2)22-11-7-10-21(16-22)18-29-20(3)31-24-12-8-13-26-25(24)29/h6-8,10-13,16-17H,2-3,9,14-15,18H2,1,4-5H3/b23-6+,27-17?. The second kappa shape index (κ2) is 10.6. The number of rotatable bonds is 10. The number of aliphatic imine (C=N–C) groups is 1. The minimum Gasteiger partial charge on any atom is -0.492 e. The summed E-state index contributed by atoms with van der Waals surface area (Å²) in [5.74, 6) is 2.81. The third-order valence-corrected chi connectivity index (χ3v) is 4.79. The molecule has 6 nitrogen and oxygen atoms in total. The predicted molar refractivity (Wildman–Crippen MR) is 127 cm³/mol. The fraction of sp³-hybridized carbons (Fsp3) is 0.280. The highest BCUT2D eigenvalue weighted by Gasteiger charge is 2.25. The molecule has 2 heterocycles. The average molecular weight is 419 g/mol. The highest BCUT2D eigenvalue weighted by atomic mass is 16.5. The van der Waals surface area contributed by atoms with Gasteiger partial charge in [-0.2, -0.15) is 0 Å². The number of hydrogen-bond donors (Lipinski definition) is 0. The van der Waals surface area contributed by atoms with E-state index in [0.29, 0.717) is 24.7 Å². The van der Waals surface area contributed by atoms with Gasteiger partial charge in [0.2, 0.25) is 0 Å². The molecule has 0 spiro atoms. The molecule has 0 radical (unpaired) electrons. The predicted octanol–water partition coefficient (Wildman–Crippen LogP) is 4.87. The van der Waals surface area contributed by atoms with Crippen LogP contribution < -0.4 is 9.64 Å². The summed E-state index contributed by atoms with van der Waals surface area (Å²) in [6.07, 6.45) is 6.35. The van der Waals surface area contributed by atoms with Gasteiger partial charge in [-0.25, -0.2) is 4.98 Å². The van der Waals surface area contributed by atoms with E-state index in [2.05, 4.69) is 54.3 Å². The van der Waals surface area contributed by atoms with Gasteiger partial charge >= 0.3 is 0 Å². The van der Waals surface area contributed by atoms with E-state index < -0.39 is 0 Å². The summed E-state index contributed by atoms with van der Waals surface area (Å²) in [7, 11) is 4.11. The SMILES string of the molecule is C=C(N=C/C(=C\C)OCCCN(C)C)c1cccc(CN2C(=C)Oc3cccnc32)c1. The summed E-state index contributed by atoms with van der Waals surface area (Å²) >= 11 is 0. The Morgan fingerprint density at radius 1 is 1.29 bits per heavy atom. The lowest BCUT2D eigenvalue weighted by Gasteiger charge is -2.17. The third-order valence-electron chi connectivity index (χ3n) is 4.79. The first-order valence-electron chi connectivity index (χ1n) is 10.3. The maximum Gasteiger partial charge on any atom is 0.194 e. The number of pyridine rings is 1. The molecular weight excluding hydrogens is 388 g/mol. The van der Waals surface area contributed by atoms with Crippen molar-refractivity contribution in [2.45, 2.75) is 19.9 Å². The fourth-order valence-electron chi connectivity index (χ4n) is 3.14. The normalized spacial score (nSPS) is 13.6. The van der Waals surface area contributed by atoms with Crippen LogP contribution in [0.1, 0.15) is 24.5 Å². The number of benzene rings is 1. The molecule has 0 amide bonds. The highest BCUT2D eigenvalue weighted by molar-refractivity contribution is 5.82. The van der Waals surface area contributed by atoms with Crippen LogP contribution >= 0.6 is 0 Å².